The highest BCUT2D eigenvalue weighted by Crippen LogP contribution is 2.26. The molecule has 1 N–H and O–H groups in total. The first kappa shape index (κ1) is 17.9. The number of hydrogen-bond acceptors (Lipinski definition) is 2. The summed E-state index contributed by atoms with van der Waals surface area (Å²) in [5.41, 5.74) is 0.800. The molecule has 2 heterocycles. The molecule has 0 saturated carbocycles. The van der Waals surface area contributed by atoms with Gasteiger partial charge in [0.2, 0.25) is 0 Å². The Morgan fingerprint density at radius 1 is 1.08 bits per heavy atom. The highest BCUT2D eigenvalue weighted by molar-refractivity contribution is 9.10. The van der Waals surface area contributed by atoms with E-state index in [1.54, 1.807) is 0 Å². The van der Waals surface area contributed by atoms with Crippen LogP contribution in [-0.4, -0.2) is 37.0 Å². The summed E-state index contributed by atoms with van der Waals surface area (Å²) in [6.45, 7) is 4.26. The van der Waals surface area contributed by atoms with Crippen molar-refractivity contribution < 1.29 is 4.79 Å². The van der Waals surface area contributed by atoms with Gasteiger partial charge in [0, 0.05) is 23.1 Å². The normalized spacial score (nSPS) is 20.3. The summed E-state index contributed by atoms with van der Waals surface area (Å²) in [6.07, 6.45) is 9.19. The van der Waals surface area contributed by atoms with E-state index < -0.39 is 0 Å². The predicted octanol–water partition coefficient (Wildman–Crippen LogP) is 4.47. The Morgan fingerprint density at radius 3 is 2.42 bits per heavy atom. The summed E-state index contributed by atoms with van der Waals surface area (Å²) >= 11 is 3.45. The summed E-state index contributed by atoms with van der Waals surface area (Å²) in [4.78, 5) is 14.6. The van der Waals surface area contributed by atoms with Crippen molar-refractivity contribution in [2.45, 2.75) is 44.9 Å². The van der Waals surface area contributed by atoms with Gasteiger partial charge in [-0.1, -0.05) is 41.3 Å². The third-order valence-corrected chi connectivity index (χ3v) is 6.15. The first-order valence-corrected chi connectivity index (χ1v) is 10.3. The third kappa shape index (κ3) is 5.06. The van der Waals surface area contributed by atoms with Gasteiger partial charge >= 0.3 is 0 Å². The van der Waals surface area contributed by atoms with Crippen molar-refractivity contribution in [3.05, 3.63) is 34.3 Å². The van der Waals surface area contributed by atoms with Gasteiger partial charge in [-0.2, -0.15) is 0 Å². The monoisotopic (exact) mass is 392 g/mol. The van der Waals surface area contributed by atoms with Crippen LogP contribution in [0.3, 0.4) is 0 Å². The van der Waals surface area contributed by atoms with Crippen LogP contribution >= 0.6 is 15.9 Å². The minimum Gasteiger partial charge on any atom is -0.339 e. The standard InChI is InChI=1S/C20H29BrN2O/c21-19-6-2-5-18(15-19)20(24)23-13-9-17(10-14-23)4-1-3-16-7-11-22-12-8-16/h2,5-6,15-17,22H,1,3-4,7-14H2. The Labute approximate surface area is 154 Å². The molecule has 2 aliphatic rings. The lowest BCUT2D eigenvalue weighted by molar-refractivity contribution is 0.0685. The van der Waals surface area contributed by atoms with Crippen molar-refractivity contribution in [1.82, 2.24) is 10.2 Å². The minimum absolute atomic E-state index is 0.185. The summed E-state index contributed by atoms with van der Waals surface area (Å²) in [7, 11) is 0. The third-order valence-electron chi connectivity index (χ3n) is 5.66. The number of likely N-dealkylation sites (tertiary alicyclic amines) is 1. The number of piperidine rings is 2. The molecule has 0 spiro atoms. The highest BCUT2D eigenvalue weighted by Gasteiger charge is 2.24. The molecular weight excluding hydrogens is 364 g/mol. The van der Waals surface area contributed by atoms with Crippen molar-refractivity contribution in [2.75, 3.05) is 26.2 Å². The molecule has 1 aromatic carbocycles. The number of rotatable bonds is 5. The van der Waals surface area contributed by atoms with Crippen LogP contribution in [0.5, 0.6) is 0 Å². The zero-order valence-electron chi connectivity index (χ0n) is 14.5. The predicted molar refractivity (Wildman–Crippen MR) is 102 cm³/mol. The Kier molecular flexibility index (Phi) is 6.73. The lowest BCUT2D eigenvalue weighted by Gasteiger charge is -2.32. The molecule has 3 rings (SSSR count). The fourth-order valence-electron chi connectivity index (χ4n) is 4.09. The van der Waals surface area contributed by atoms with Crippen LogP contribution in [-0.2, 0) is 0 Å². The molecule has 1 aromatic rings. The van der Waals surface area contributed by atoms with Gasteiger partial charge < -0.3 is 10.2 Å². The summed E-state index contributed by atoms with van der Waals surface area (Å²) < 4.78 is 0.973. The Hall–Kier alpha value is -0.870. The molecule has 1 amide bonds. The van der Waals surface area contributed by atoms with E-state index in [1.807, 2.05) is 29.2 Å². The van der Waals surface area contributed by atoms with E-state index in [4.69, 9.17) is 0 Å². The number of carbonyl (C=O) groups is 1. The molecule has 0 bridgehead atoms. The van der Waals surface area contributed by atoms with E-state index in [1.165, 1.54) is 58.0 Å². The fourth-order valence-corrected chi connectivity index (χ4v) is 4.49. The molecular formula is C20H29BrN2O. The first-order valence-electron chi connectivity index (χ1n) is 9.48. The van der Waals surface area contributed by atoms with Crippen LogP contribution in [0.2, 0.25) is 0 Å². The zero-order chi connectivity index (χ0) is 16.8. The van der Waals surface area contributed by atoms with Gasteiger partial charge in [-0.05, 0) is 68.8 Å². The molecule has 3 nitrogen and oxygen atoms in total. The molecule has 0 radical (unpaired) electrons. The Balaban J connectivity index is 1.38. The largest absolute Gasteiger partial charge is 0.339 e. The Morgan fingerprint density at radius 2 is 1.75 bits per heavy atom. The molecule has 0 unspecified atom stereocenters. The maximum Gasteiger partial charge on any atom is 0.253 e. The second kappa shape index (κ2) is 9.00. The molecule has 24 heavy (non-hydrogen) atoms. The molecule has 132 valence electrons. The first-order chi connectivity index (χ1) is 11.7. The van der Waals surface area contributed by atoms with Crippen LogP contribution in [0.15, 0.2) is 28.7 Å². The van der Waals surface area contributed by atoms with E-state index in [9.17, 15) is 4.79 Å². The van der Waals surface area contributed by atoms with Crippen LogP contribution in [0, 0.1) is 11.8 Å². The lowest BCUT2D eigenvalue weighted by Crippen LogP contribution is -2.38. The topological polar surface area (TPSA) is 32.3 Å². The number of carbonyl (C=O) groups excluding carboxylic acids is 1. The number of hydrogen-bond donors (Lipinski definition) is 1. The van der Waals surface area contributed by atoms with Gasteiger partial charge in [0.25, 0.3) is 5.91 Å². The number of halogens is 1. The van der Waals surface area contributed by atoms with Crippen molar-refractivity contribution in [2.24, 2.45) is 11.8 Å². The molecule has 4 heteroatoms. The van der Waals surface area contributed by atoms with Crippen molar-refractivity contribution in [3.63, 3.8) is 0 Å². The van der Waals surface area contributed by atoms with Crippen molar-refractivity contribution in [1.29, 1.82) is 0 Å². The summed E-state index contributed by atoms with van der Waals surface area (Å²) in [5.74, 6) is 1.95. The van der Waals surface area contributed by atoms with Gasteiger partial charge in [0.05, 0.1) is 0 Å². The second-order valence-corrected chi connectivity index (χ2v) is 8.29. The average Bonchev–Trinajstić information content (AvgIpc) is 2.63. The maximum atomic E-state index is 12.6. The number of amides is 1. The van der Waals surface area contributed by atoms with Crippen molar-refractivity contribution in [3.8, 4) is 0 Å². The van der Waals surface area contributed by atoms with Gasteiger partial charge in [-0.3, -0.25) is 4.79 Å². The summed E-state index contributed by atoms with van der Waals surface area (Å²) in [6, 6.07) is 7.74. The summed E-state index contributed by atoms with van der Waals surface area (Å²) in [5, 5.41) is 3.45. The van der Waals surface area contributed by atoms with E-state index >= 15 is 0 Å². The quantitative estimate of drug-likeness (QED) is 0.801. The van der Waals surface area contributed by atoms with Crippen LogP contribution in [0.25, 0.3) is 0 Å². The molecule has 0 aromatic heterocycles. The number of benzene rings is 1. The van der Waals surface area contributed by atoms with Crippen molar-refractivity contribution >= 4 is 21.8 Å². The van der Waals surface area contributed by atoms with Gasteiger partial charge in [-0.15, -0.1) is 0 Å². The van der Waals surface area contributed by atoms with E-state index in [0.29, 0.717) is 0 Å². The second-order valence-electron chi connectivity index (χ2n) is 7.37. The van der Waals surface area contributed by atoms with E-state index in [-0.39, 0.29) is 5.91 Å². The van der Waals surface area contributed by atoms with Gasteiger partial charge in [0.1, 0.15) is 0 Å². The molecule has 2 saturated heterocycles. The van der Waals surface area contributed by atoms with Gasteiger partial charge in [0.15, 0.2) is 0 Å². The van der Waals surface area contributed by atoms with E-state index in [2.05, 4.69) is 21.2 Å². The smallest absolute Gasteiger partial charge is 0.253 e. The highest BCUT2D eigenvalue weighted by atomic mass is 79.9. The fraction of sp³-hybridized carbons (Fsp3) is 0.650. The molecule has 2 fully saturated rings. The molecule has 2 aliphatic heterocycles. The molecule has 0 aliphatic carbocycles. The maximum absolute atomic E-state index is 12.6. The van der Waals surface area contributed by atoms with Crippen LogP contribution in [0.4, 0.5) is 0 Å². The zero-order valence-corrected chi connectivity index (χ0v) is 16.1. The van der Waals surface area contributed by atoms with Crippen LogP contribution < -0.4 is 5.32 Å². The minimum atomic E-state index is 0.185. The molecule has 0 atom stereocenters. The number of nitrogens with one attached hydrogen (secondary N) is 1. The lowest BCUT2D eigenvalue weighted by atomic mass is 9.87. The Bertz CT molecular complexity index is 534. The van der Waals surface area contributed by atoms with Gasteiger partial charge in [-0.25, -0.2) is 0 Å². The average molecular weight is 393 g/mol. The SMILES string of the molecule is O=C(c1cccc(Br)c1)N1CCC(CCCC2CCNCC2)CC1. The van der Waals surface area contributed by atoms with E-state index in [0.717, 1.165) is 35.0 Å². The van der Waals surface area contributed by atoms with Crippen LogP contribution in [0.1, 0.15) is 55.3 Å². The number of nitrogens with zero attached hydrogens (tertiary/aromatic N) is 1.